The second-order valence-corrected chi connectivity index (χ2v) is 6.05. The molecular formula is C18H22N2O5. The summed E-state index contributed by atoms with van der Waals surface area (Å²) in [4.78, 5) is 8.81. The standard InChI is InChI=1S/C18H22N2O5/c1-24-18-16(23)13(15(22)14(10-21)25-18)9-12-7-8-19-17(20-12)11-5-3-2-4-6-11/h2-8,13-16,18,21-23H,9-10H2,1H3/t13-,14-,15+,16+,18+/m1/s1. The SMILES string of the molecule is CO[C@H]1O[C@H](CO)[C@@H](O)[C@@H](Cc2ccnc(-c3ccccc3)n2)[C@@H]1O. The summed E-state index contributed by atoms with van der Waals surface area (Å²) < 4.78 is 10.5. The van der Waals surface area contributed by atoms with Gasteiger partial charge in [0.15, 0.2) is 12.1 Å². The normalized spacial score (nSPS) is 29.5. The molecule has 1 aliphatic rings. The highest BCUT2D eigenvalue weighted by Crippen LogP contribution is 2.29. The number of methoxy groups -OCH3 is 1. The van der Waals surface area contributed by atoms with Crippen LogP contribution in [0.1, 0.15) is 5.69 Å². The van der Waals surface area contributed by atoms with Gasteiger partial charge in [-0.3, -0.25) is 0 Å². The van der Waals surface area contributed by atoms with Crippen LogP contribution in [0.2, 0.25) is 0 Å². The van der Waals surface area contributed by atoms with Crippen molar-refractivity contribution in [2.24, 2.45) is 5.92 Å². The van der Waals surface area contributed by atoms with Gasteiger partial charge in [-0.1, -0.05) is 30.3 Å². The van der Waals surface area contributed by atoms with Crippen molar-refractivity contribution in [2.75, 3.05) is 13.7 Å². The van der Waals surface area contributed by atoms with Crippen LogP contribution in [0.15, 0.2) is 42.6 Å². The molecule has 1 aromatic carbocycles. The highest BCUT2D eigenvalue weighted by atomic mass is 16.7. The predicted octanol–water partition coefficient (Wildman–Crippen LogP) is 0.388. The minimum atomic E-state index is -1.03. The predicted molar refractivity (Wildman–Crippen MR) is 89.4 cm³/mol. The van der Waals surface area contributed by atoms with E-state index in [1.165, 1.54) is 7.11 Å². The fraction of sp³-hybridized carbons (Fsp3) is 0.444. The van der Waals surface area contributed by atoms with E-state index in [1.807, 2.05) is 30.3 Å². The molecule has 1 fully saturated rings. The average molecular weight is 346 g/mol. The molecule has 0 aliphatic carbocycles. The van der Waals surface area contributed by atoms with Crippen molar-refractivity contribution in [3.05, 3.63) is 48.3 Å². The largest absolute Gasteiger partial charge is 0.394 e. The zero-order chi connectivity index (χ0) is 17.8. The number of ether oxygens (including phenoxy) is 2. The first-order chi connectivity index (χ1) is 12.1. The number of hydrogen-bond donors (Lipinski definition) is 3. The monoisotopic (exact) mass is 346 g/mol. The van der Waals surface area contributed by atoms with Crippen LogP contribution in [-0.2, 0) is 15.9 Å². The highest BCUT2D eigenvalue weighted by molar-refractivity contribution is 5.54. The van der Waals surface area contributed by atoms with Gasteiger partial charge in [0.05, 0.1) is 12.7 Å². The number of aliphatic hydroxyl groups excluding tert-OH is 3. The van der Waals surface area contributed by atoms with Gasteiger partial charge in [-0.25, -0.2) is 9.97 Å². The summed E-state index contributed by atoms with van der Waals surface area (Å²) in [5.74, 6) is 0.00510. The van der Waals surface area contributed by atoms with E-state index < -0.39 is 30.5 Å². The number of aliphatic hydroxyl groups is 3. The molecule has 5 atom stereocenters. The van der Waals surface area contributed by atoms with Gasteiger partial charge in [0.2, 0.25) is 0 Å². The van der Waals surface area contributed by atoms with Gasteiger partial charge in [-0.05, 0) is 12.5 Å². The molecule has 0 radical (unpaired) electrons. The molecule has 0 unspecified atom stereocenters. The Morgan fingerprint density at radius 2 is 1.88 bits per heavy atom. The van der Waals surface area contributed by atoms with Crippen LogP contribution in [0.3, 0.4) is 0 Å². The van der Waals surface area contributed by atoms with Crippen LogP contribution in [0, 0.1) is 5.92 Å². The maximum absolute atomic E-state index is 10.4. The Balaban J connectivity index is 1.83. The molecular weight excluding hydrogens is 324 g/mol. The average Bonchev–Trinajstić information content (AvgIpc) is 2.66. The van der Waals surface area contributed by atoms with Gasteiger partial charge in [0.1, 0.15) is 12.2 Å². The molecule has 1 aromatic heterocycles. The lowest BCUT2D eigenvalue weighted by molar-refractivity contribution is -0.282. The van der Waals surface area contributed by atoms with E-state index in [-0.39, 0.29) is 6.61 Å². The van der Waals surface area contributed by atoms with Crippen LogP contribution in [0.4, 0.5) is 0 Å². The Labute approximate surface area is 145 Å². The third kappa shape index (κ3) is 3.86. The lowest BCUT2D eigenvalue weighted by Gasteiger charge is -2.41. The lowest BCUT2D eigenvalue weighted by atomic mass is 9.85. The number of nitrogens with zero attached hydrogens (tertiary/aromatic N) is 2. The van der Waals surface area contributed by atoms with Gasteiger partial charge < -0.3 is 24.8 Å². The molecule has 1 aliphatic heterocycles. The van der Waals surface area contributed by atoms with Crippen LogP contribution >= 0.6 is 0 Å². The number of aromatic nitrogens is 2. The van der Waals surface area contributed by atoms with Gasteiger partial charge in [-0.2, -0.15) is 0 Å². The van der Waals surface area contributed by atoms with Gasteiger partial charge in [0.25, 0.3) is 0 Å². The molecule has 0 spiro atoms. The van der Waals surface area contributed by atoms with Crippen LogP contribution in [-0.4, -0.2) is 63.6 Å². The zero-order valence-corrected chi connectivity index (χ0v) is 13.9. The summed E-state index contributed by atoms with van der Waals surface area (Å²) in [6.45, 7) is -0.358. The van der Waals surface area contributed by atoms with Crippen LogP contribution in [0.5, 0.6) is 0 Å². The minimum absolute atomic E-state index is 0.310. The second-order valence-electron chi connectivity index (χ2n) is 6.05. The fourth-order valence-corrected chi connectivity index (χ4v) is 3.08. The van der Waals surface area contributed by atoms with E-state index in [1.54, 1.807) is 12.3 Å². The smallest absolute Gasteiger partial charge is 0.184 e. The molecule has 2 aromatic rings. The van der Waals surface area contributed by atoms with Crippen molar-refractivity contribution in [1.29, 1.82) is 0 Å². The van der Waals surface area contributed by atoms with Crippen LogP contribution in [0.25, 0.3) is 11.4 Å². The number of hydrogen-bond acceptors (Lipinski definition) is 7. The van der Waals surface area contributed by atoms with E-state index in [0.717, 1.165) is 5.56 Å². The lowest BCUT2D eigenvalue weighted by Crippen LogP contribution is -2.56. The Kier molecular flexibility index (Phi) is 5.72. The first-order valence-electron chi connectivity index (χ1n) is 8.16. The van der Waals surface area contributed by atoms with Crippen molar-refractivity contribution in [3.63, 3.8) is 0 Å². The highest BCUT2D eigenvalue weighted by Gasteiger charge is 2.44. The molecule has 25 heavy (non-hydrogen) atoms. The molecule has 7 nitrogen and oxygen atoms in total. The summed E-state index contributed by atoms with van der Waals surface area (Å²) >= 11 is 0. The third-order valence-electron chi connectivity index (χ3n) is 4.45. The molecule has 134 valence electrons. The van der Waals surface area contributed by atoms with E-state index >= 15 is 0 Å². The number of benzene rings is 1. The van der Waals surface area contributed by atoms with E-state index in [9.17, 15) is 15.3 Å². The minimum Gasteiger partial charge on any atom is -0.394 e. The molecule has 3 rings (SSSR count). The molecule has 1 saturated heterocycles. The Bertz CT molecular complexity index is 668. The topological polar surface area (TPSA) is 105 Å². The van der Waals surface area contributed by atoms with Gasteiger partial charge >= 0.3 is 0 Å². The molecule has 0 bridgehead atoms. The Morgan fingerprint density at radius 1 is 1.12 bits per heavy atom. The van der Waals surface area contributed by atoms with Crippen molar-refractivity contribution < 1.29 is 24.8 Å². The van der Waals surface area contributed by atoms with Crippen molar-refractivity contribution in [3.8, 4) is 11.4 Å². The van der Waals surface area contributed by atoms with E-state index in [2.05, 4.69) is 9.97 Å². The Hall–Kier alpha value is -1.90. The summed E-state index contributed by atoms with van der Waals surface area (Å²) in [7, 11) is 1.41. The Morgan fingerprint density at radius 3 is 2.56 bits per heavy atom. The summed E-state index contributed by atoms with van der Waals surface area (Å²) in [5, 5.41) is 30.2. The van der Waals surface area contributed by atoms with Crippen molar-refractivity contribution in [1.82, 2.24) is 9.97 Å². The number of rotatable bonds is 5. The second kappa shape index (κ2) is 7.99. The quantitative estimate of drug-likeness (QED) is 0.719. The maximum atomic E-state index is 10.4. The zero-order valence-electron chi connectivity index (χ0n) is 13.9. The summed E-state index contributed by atoms with van der Waals surface area (Å²) in [6.07, 6.45) is -1.81. The van der Waals surface area contributed by atoms with Gasteiger partial charge in [0, 0.05) is 30.5 Å². The van der Waals surface area contributed by atoms with Crippen molar-refractivity contribution in [2.45, 2.75) is 31.0 Å². The van der Waals surface area contributed by atoms with Gasteiger partial charge in [-0.15, -0.1) is 0 Å². The maximum Gasteiger partial charge on any atom is 0.184 e. The fourth-order valence-electron chi connectivity index (χ4n) is 3.08. The van der Waals surface area contributed by atoms with Crippen LogP contribution < -0.4 is 0 Å². The van der Waals surface area contributed by atoms with E-state index in [0.29, 0.717) is 17.9 Å². The van der Waals surface area contributed by atoms with Crippen molar-refractivity contribution >= 4 is 0 Å². The third-order valence-corrected chi connectivity index (χ3v) is 4.45. The summed E-state index contributed by atoms with van der Waals surface area (Å²) in [5.41, 5.74) is 1.57. The first-order valence-corrected chi connectivity index (χ1v) is 8.16. The molecule has 0 amide bonds. The molecule has 7 heteroatoms. The summed E-state index contributed by atoms with van der Waals surface area (Å²) in [6, 6.07) is 11.3. The molecule has 0 saturated carbocycles. The first kappa shape index (κ1) is 17.9. The molecule has 2 heterocycles. The van der Waals surface area contributed by atoms with E-state index in [4.69, 9.17) is 9.47 Å². The molecule has 3 N–H and O–H groups in total.